The van der Waals surface area contributed by atoms with E-state index in [0.717, 1.165) is 0 Å². The van der Waals surface area contributed by atoms with Crippen molar-refractivity contribution in [2.24, 2.45) is 5.73 Å². The first-order chi connectivity index (χ1) is 7.83. The molecule has 0 aliphatic heterocycles. The van der Waals surface area contributed by atoms with Gasteiger partial charge >= 0.3 is 0 Å². The van der Waals surface area contributed by atoms with Crippen LogP contribution in [0.1, 0.15) is 18.4 Å². The Morgan fingerprint density at radius 3 is 2.25 bits per heavy atom. The quantitative estimate of drug-likeness (QED) is 0.827. The van der Waals surface area contributed by atoms with Crippen molar-refractivity contribution >= 4 is 0 Å². The summed E-state index contributed by atoms with van der Waals surface area (Å²) in [6.45, 7) is 2.85. The number of hydrogen-bond donors (Lipinski definition) is 1. The SMILES string of the molecule is CC(CN)c1ccccc1-c1ccccc1. The molecule has 0 bridgehead atoms. The van der Waals surface area contributed by atoms with Gasteiger partial charge in [0.25, 0.3) is 0 Å². The molecule has 2 aromatic carbocycles. The van der Waals surface area contributed by atoms with Crippen molar-refractivity contribution in [3.05, 3.63) is 60.2 Å². The summed E-state index contributed by atoms with van der Waals surface area (Å²) in [5.74, 6) is 0.399. The summed E-state index contributed by atoms with van der Waals surface area (Å²) < 4.78 is 0. The Hall–Kier alpha value is -1.60. The molecule has 2 aromatic rings. The Morgan fingerprint density at radius 1 is 0.938 bits per heavy atom. The topological polar surface area (TPSA) is 26.0 Å². The molecule has 0 fully saturated rings. The van der Waals surface area contributed by atoms with Gasteiger partial charge in [-0.1, -0.05) is 61.5 Å². The highest BCUT2D eigenvalue weighted by Gasteiger charge is 2.09. The van der Waals surface area contributed by atoms with Crippen molar-refractivity contribution in [1.29, 1.82) is 0 Å². The fourth-order valence-electron chi connectivity index (χ4n) is 1.93. The number of benzene rings is 2. The second kappa shape index (κ2) is 4.95. The maximum absolute atomic E-state index is 5.75. The fourth-order valence-corrected chi connectivity index (χ4v) is 1.93. The van der Waals surface area contributed by atoms with Crippen LogP contribution >= 0.6 is 0 Å². The van der Waals surface area contributed by atoms with Gasteiger partial charge < -0.3 is 5.73 Å². The minimum atomic E-state index is 0.399. The van der Waals surface area contributed by atoms with Crippen LogP contribution in [0.15, 0.2) is 54.6 Å². The van der Waals surface area contributed by atoms with Gasteiger partial charge in [-0.15, -0.1) is 0 Å². The fraction of sp³-hybridized carbons (Fsp3) is 0.200. The standard InChI is InChI=1S/C15H17N/c1-12(11-16)14-9-5-6-10-15(14)13-7-3-2-4-8-13/h2-10,12H,11,16H2,1H3. The molecule has 16 heavy (non-hydrogen) atoms. The minimum Gasteiger partial charge on any atom is -0.330 e. The third-order valence-electron chi connectivity index (χ3n) is 2.93. The second-order valence-corrected chi connectivity index (χ2v) is 4.09. The molecule has 0 heterocycles. The smallest absolute Gasteiger partial charge is 0.00107 e. The molecule has 0 aliphatic carbocycles. The van der Waals surface area contributed by atoms with E-state index < -0.39 is 0 Å². The molecule has 1 atom stereocenters. The van der Waals surface area contributed by atoms with Crippen LogP contribution < -0.4 is 5.73 Å². The molecule has 0 saturated carbocycles. The Morgan fingerprint density at radius 2 is 1.56 bits per heavy atom. The molecular weight excluding hydrogens is 194 g/mol. The van der Waals surface area contributed by atoms with Gasteiger partial charge in [0.2, 0.25) is 0 Å². The van der Waals surface area contributed by atoms with Crippen molar-refractivity contribution in [3.63, 3.8) is 0 Å². The van der Waals surface area contributed by atoms with Gasteiger partial charge in [0, 0.05) is 0 Å². The molecule has 82 valence electrons. The first-order valence-corrected chi connectivity index (χ1v) is 5.67. The van der Waals surface area contributed by atoms with Crippen molar-refractivity contribution in [2.75, 3.05) is 6.54 Å². The lowest BCUT2D eigenvalue weighted by atomic mass is 9.92. The van der Waals surface area contributed by atoms with E-state index in [2.05, 4.69) is 55.5 Å². The molecule has 2 N–H and O–H groups in total. The van der Waals surface area contributed by atoms with Gasteiger partial charge in [-0.05, 0) is 29.2 Å². The molecule has 0 radical (unpaired) electrons. The maximum Gasteiger partial charge on any atom is -0.00107 e. The van der Waals surface area contributed by atoms with Gasteiger partial charge in [0.15, 0.2) is 0 Å². The third-order valence-corrected chi connectivity index (χ3v) is 2.93. The predicted octanol–water partition coefficient (Wildman–Crippen LogP) is 3.42. The van der Waals surface area contributed by atoms with Gasteiger partial charge in [-0.2, -0.15) is 0 Å². The van der Waals surface area contributed by atoms with Crippen LogP contribution in [0.5, 0.6) is 0 Å². The first kappa shape index (κ1) is 10.9. The molecular formula is C15H17N. The average molecular weight is 211 g/mol. The van der Waals surface area contributed by atoms with Gasteiger partial charge in [-0.3, -0.25) is 0 Å². The van der Waals surface area contributed by atoms with Crippen molar-refractivity contribution in [2.45, 2.75) is 12.8 Å². The molecule has 1 heteroatoms. The molecule has 0 spiro atoms. The molecule has 0 aliphatic rings. The second-order valence-electron chi connectivity index (χ2n) is 4.09. The highest BCUT2D eigenvalue weighted by molar-refractivity contribution is 5.67. The van der Waals surface area contributed by atoms with Crippen LogP contribution in [0, 0.1) is 0 Å². The first-order valence-electron chi connectivity index (χ1n) is 5.67. The number of nitrogens with two attached hydrogens (primary N) is 1. The lowest BCUT2D eigenvalue weighted by molar-refractivity contribution is 0.776. The van der Waals surface area contributed by atoms with E-state index in [-0.39, 0.29) is 0 Å². The van der Waals surface area contributed by atoms with Gasteiger partial charge in [0.05, 0.1) is 0 Å². The van der Waals surface area contributed by atoms with Crippen LogP contribution in [0.25, 0.3) is 11.1 Å². The zero-order valence-electron chi connectivity index (χ0n) is 9.56. The van der Waals surface area contributed by atoms with Crippen LogP contribution in [0.2, 0.25) is 0 Å². The van der Waals surface area contributed by atoms with Crippen molar-refractivity contribution in [1.82, 2.24) is 0 Å². The molecule has 2 rings (SSSR count). The van der Waals surface area contributed by atoms with Gasteiger partial charge in [-0.25, -0.2) is 0 Å². The Bertz CT molecular complexity index is 448. The summed E-state index contributed by atoms with van der Waals surface area (Å²) in [6, 6.07) is 18.9. The van der Waals surface area contributed by atoms with E-state index in [9.17, 15) is 0 Å². The lowest BCUT2D eigenvalue weighted by Crippen LogP contribution is -2.09. The van der Waals surface area contributed by atoms with Crippen LogP contribution in [-0.2, 0) is 0 Å². The lowest BCUT2D eigenvalue weighted by Gasteiger charge is -2.14. The molecule has 0 aromatic heterocycles. The predicted molar refractivity (Wildman–Crippen MR) is 69.3 cm³/mol. The van der Waals surface area contributed by atoms with Crippen LogP contribution in [-0.4, -0.2) is 6.54 Å². The monoisotopic (exact) mass is 211 g/mol. The summed E-state index contributed by atoms with van der Waals surface area (Å²) in [5, 5.41) is 0. The summed E-state index contributed by atoms with van der Waals surface area (Å²) in [4.78, 5) is 0. The van der Waals surface area contributed by atoms with E-state index in [1.54, 1.807) is 0 Å². The zero-order valence-corrected chi connectivity index (χ0v) is 9.56. The van der Waals surface area contributed by atoms with Gasteiger partial charge in [0.1, 0.15) is 0 Å². The zero-order chi connectivity index (χ0) is 11.4. The molecule has 0 amide bonds. The van der Waals surface area contributed by atoms with Crippen molar-refractivity contribution in [3.8, 4) is 11.1 Å². The number of rotatable bonds is 3. The van der Waals surface area contributed by atoms with Crippen LogP contribution in [0.4, 0.5) is 0 Å². The number of hydrogen-bond acceptors (Lipinski definition) is 1. The van der Waals surface area contributed by atoms with Crippen molar-refractivity contribution < 1.29 is 0 Å². The van der Waals surface area contributed by atoms with E-state index in [4.69, 9.17) is 5.73 Å². The Labute approximate surface area is 96.9 Å². The average Bonchev–Trinajstić information content (AvgIpc) is 2.39. The van der Waals surface area contributed by atoms with Crippen LogP contribution in [0.3, 0.4) is 0 Å². The maximum atomic E-state index is 5.75. The summed E-state index contributed by atoms with van der Waals surface area (Å²) in [6.07, 6.45) is 0. The highest BCUT2D eigenvalue weighted by Crippen LogP contribution is 2.28. The molecule has 1 nitrogen and oxygen atoms in total. The van der Waals surface area contributed by atoms with E-state index in [1.165, 1.54) is 16.7 Å². The van der Waals surface area contributed by atoms with E-state index in [1.807, 2.05) is 6.07 Å². The third kappa shape index (κ3) is 2.15. The summed E-state index contributed by atoms with van der Waals surface area (Å²) in [7, 11) is 0. The van der Waals surface area contributed by atoms with E-state index >= 15 is 0 Å². The van der Waals surface area contributed by atoms with E-state index in [0.29, 0.717) is 12.5 Å². The minimum absolute atomic E-state index is 0.399. The molecule has 1 unspecified atom stereocenters. The molecule has 0 saturated heterocycles. The highest BCUT2D eigenvalue weighted by atomic mass is 14.5. The Kier molecular flexibility index (Phi) is 3.37. The Balaban J connectivity index is 2.49. The summed E-state index contributed by atoms with van der Waals surface area (Å²) in [5.41, 5.74) is 9.64. The normalized spacial score (nSPS) is 12.4. The largest absolute Gasteiger partial charge is 0.330 e. The summed E-state index contributed by atoms with van der Waals surface area (Å²) >= 11 is 0.